The van der Waals surface area contributed by atoms with Gasteiger partial charge in [0.2, 0.25) is 0 Å². The second-order valence-electron chi connectivity index (χ2n) is 4.81. The molecule has 0 bridgehead atoms. The number of hydrogen-bond acceptors (Lipinski definition) is 4. The highest BCUT2D eigenvalue weighted by molar-refractivity contribution is 7.81. The van der Waals surface area contributed by atoms with Crippen LogP contribution in [0, 0.1) is 0 Å². The second kappa shape index (κ2) is 5.82. The van der Waals surface area contributed by atoms with Gasteiger partial charge < -0.3 is 8.92 Å². The molecule has 0 amide bonds. The van der Waals surface area contributed by atoms with Crippen molar-refractivity contribution in [2.24, 2.45) is 0 Å². The van der Waals surface area contributed by atoms with Crippen molar-refractivity contribution < 1.29 is 21.9 Å². The van der Waals surface area contributed by atoms with Crippen LogP contribution in [0.2, 0.25) is 0 Å². The van der Waals surface area contributed by atoms with E-state index in [1.165, 1.54) is 6.07 Å². The summed E-state index contributed by atoms with van der Waals surface area (Å²) in [5, 5.41) is 0. The van der Waals surface area contributed by atoms with E-state index in [9.17, 15) is 8.42 Å². The Morgan fingerprint density at radius 3 is 2.59 bits per heavy atom. The van der Waals surface area contributed by atoms with Gasteiger partial charge in [0.25, 0.3) is 0 Å². The van der Waals surface area contributed by atoms with E-state index in [0.29, 0.717) is 24.3 Å². The molecule has 0 unspecified atom stereocenters. The molecule has 22 heavy (non-hydrogen) atoms. The van der Waals surface area contributed by atoms with Crippen LogP contribution in [0.25, 0.3) is 12.2 Å². The van der Waals surface area contributed by atoms with Crippen LogP contribution >= 0.6 is 0 Å². The van der Waals surface area contributed by atoms with Crippen LogP contribution < -0.4 is 8.92 Å². The molecule has 2 aromatic rings. The summed E-state index contributed by atoms with van der Waals surface area (Å²) in [5.41, 5.74) is 2.53. The largest absolute Gasteiger partial charge is 0.492 e. The normalized spacial score (nSPS) is 13.9. The molecular formula is C16H14O5S. The van der Waals surface area contributed by atoms with Crippen molar-refractivity contribution in [1.82, 2.24) is 0 Å². The first-order chi connectivity index (χ1) is 10.5. The minimum Gasteiger partial charge on any atom is -0.492 e. The summed E-state index contributed by atoms with van der Waals surface area (Å²) in [4.78, 5) is 0. The molecule has 1 aliphatic heterocycles. The Morgan fingerprint density at radius 2 is 1.86 bits per heavy atom. The number of benzene rings is 2. The molecule has 5 nitrogen and oxygen atoms in total. The molecule has 0 aliphatic carbocycles. The first-order valence-electron chi connectivity index (χ1n) is 6.72. The van der Waals surface area contributed by atoms with Crippen LogP contribution in [0.15, 0.2) is 42.5 Å². The molecule has 3 rings (SSSR count). The van der Waals surface area contributed by atoms with E-state index in [0.717, 1.165) is 11.1 Å². The predicted octanol–water partition coefficient (Wildman–Crippen LogP) is 2.97. The maximum atomic E-state index is 10.9. The van der Waals surface area contributed by atoms with Gasteiger partial charge in [-0.25, -0.2) is 0 Å². The fourth-order valence-electron chi connectivity index (χ4n) is 2.36. The van der Waals surface area contributed by atoms with Crippen molar-refractivity contribution in [3.8, 4) is 11.5 Å². The average Bonchev–Trinajstić information content (AvgIpc) is 2.96. The fourth-order valence-corrected chi connectivity index (χ4v) is 2.75. The molecule has 2 aromatic carbocycles. The van der Waals surface area contributed by atoms with Crippen LogP contribution in [0.3, 0.4) is 0 Å². The van der Waals surface area contributed by atoms with Gasteiger partial charge in [-0.05, 0) is 17.7 Å². The first kappa shape index (κ1) is 14.6. The molecule has 1 aliphatic rings. The van der Waals surface area contributed by atoms with Gasteiger partial charge in [-0.3, -0.25) is 4.55 Å². The van der Waals surface area contributed by atoms with Gasteiger partial charge in [0.1, 0.15) is 5.75 Å². The van der Waals surface area contributed by atoms with Gasteiger partial charge in [-0.1, -0.05) is 42.5 Å². The molecule has 114 valence electrons. The summed E-state index contributed by atoms with van der Waals surface area (Å²) in [5.74, 6) is 0.695. The van der Waals surface area contributed by atoms with E-state index >= 15 is 0 Å². The molecule has 1 N–H and O–H groups in total. The van der Waals surface area contributed by atoms with Crippen molar-refractivity contribution in [1.29, 1.82) is 0 Å². The van der Waals surface area contributed by atoms with Crippen LogP contribution in [-0.2, 0) is 16.8 Å². The lowest BCUT2D eigenvalue weighted by Crippen LogP contribution is -2.08. The molecule has 1 heterocycles. The monoisotopic (exact) mass is 318 g/mol. The summed E-state index contributed by atoms with van der Waals surface area (Å²) >= 11 is 0. The number of ether oxygens (including phenoxy) is 1. The number of rotatable bonds is 4. The summed E-state index contributed by atoms with van der Waals surface area (Å²) < 4.78 is 40.7. The molecular weight excluding hydrogens is 304 g/mol. The van der Waals surface area contributed by atoms with E-state index in [1.807, 2.05) is 42.5 Å². The quantitative estimate of drug-likeness (QED) is 0.693. The van der Waals surface area contributed by atoms with Crippen LogP contribution in [-0.4, -0.2) is 19.6 Å². The Balaban J connectivity index is 1.94. The van der Waals surface area contributed by atoms with Crippen molar-refractivity contribution in [3.63, 3.8) is 0 Å². The topological polar surface area (TPSA) is 72.8 Å². The highest BCUT2D eigenvalue weighted by atomic mass is 32.3. The van der Waals surface area contributed by atoms with Crippen molar-refractivity contribution in [3.05, 3.63) is 59.2 Å². The third kappa shape index (κ3) is 3.29. The van der Waals surface area contributed by atoms with Gasteiger partial charge in [-0.15, -0.1) is 0 Å². The minimum atomic E-state index is -4.54. The molecule has 0 saturated carbocycles. The van der Waals surface area contributed by atoms with E-state index in [1.54, 1.807) is 6.07 Å². The second-order valence-corrected chi connectivity index (χ2v) is 5.84. The zero-order valence-corrected chi connectivity index (χ0v) is 12.4. The van der Waals surface area contributed by atoms with Crippen LogP contribution in [0.5, 0.6) is 11.5 Å². The average molecular weight is 318 g/mol. The summed E-state index contributed by atoms with van der Waals surface area (Å²) in [6.45, 7) is 0.452. The van der Waals surface area contributed by atoms with E-state index < -0.39 is 10.4 Å². The van der Waals surface area contributed by atoms with Gasteiger partial charge in [-0.2, -0.15) is 8.42 Å². The van der Waals surface area contributed by atoms with Crippen LogP contribution in [0.1, 0.15) is 16.7 Å². The summed E-state index contributed by atoms with van der Waals surface area (Å²) in [6.07, 6.45) is 4.38. The van der Waals surface area contributed by atoms with Gasteiger partial charge in [0, 0.05) is 17.5 Å². The predicted molar refractivity (Wildman–Crippen MR) is 83.2 cm³/mol. The molecule has 6 heteroatoms. The molecule has 0 atom stereocenters. The third-order valence-electron chi connectivity index (χ3n) is 3.30. The Hall–Kier alpha value is -2.31. The van der Waals surface area contributed by atoms with E-state index in [-0.39, 0.29) is 5.75 Å². The Morgan fingerprint density at radius 1 is 1.09 bits per heavy atom. The Labute approximate surface area is 128 Å². The van der Waals surface area contributed by atoms with Gasteiger partial charge in [0.15, 0.2) is 5.75 Å². The van der Waals surface area contributed by atoms with E-state index in [4.69, 9.17) is 9.29 Å². The van der Waals surface area contributed by atoms with Crippen LogP contribution in [0.4, 0.5) is 0 Å². The SMILES string of the molecule is O=S(=O)(O)Oc1ccc(C=Cc2ccccc2)c2c1CCO2. The molecule has 0 radical (unpaired) electrons. The molecule has 0 aromatic heterocycles. The van der Waals surface area contributed by atoms with E-state index in [2.05, 4.69) is 4.18 Å². The van der Waals surface area contributed by atoms with Gasteiger partial charge in [0.05, 0.1) is 6.61 Å². The molecule has 0 spiro atoms. The zero-order valence-electron chi connectivity index (χ0n) is 11.6. The minimum absolute atomic E-state index is 0.104. The zero-order chi connectivity index (χ0) is 15.6. The summed E-state index contributed by atoms with van der Waals surface area (Å²) in [6, 6.07) is 13.0. The maximum Gasteiger partial charge on any atom is 0.446 e. The van der Waals surface area contributed by atoms with Crippen molar-refractivity contribution in [2.45, 2.75) is 6.42 Å². The van der Waals surface area contributed by atoms with Crippen molar-refractivity contribution >= 4 is 22.6 Å². The highest BCUT2D eigenvalue weighted by Gasteiger charge is 2.22. The molecule has 0 fully saturated rings. The smallest absolute Gasteiger partial charge is 0.446 e. The number of fused-ring (bicyclic) bond motifs is 1. The lowest BCUT2D eigenvalue weighted by Gasteiger charge is -2.09. The standard InChI is InChI=1S/C16H14O5S/c17-22(18,19)21-15-9-8-13(16-14(15)10-11-20-16)7-6-12-4-2-1-3-5-12/h1-9H,10-11H2,(H,17,18,19). The maximum absolute atomic E-state index is 10.9. The fraction of sp³-hybridized carbons (Fsp3) is 0.125. The Bertz CT molecular complexity index is 810. The molecule has 0 saturated heterocycles. The lowest BCUT2D eigenvalue weighted by molar-refractivity contribution is 0.356. The number of hydrogen-bond donors (Lipinski definition) is 1. The van der Waals surface area contributed by atoms with Crippen molar-refractivity contribution in [2.75, 3.05) is 6.61 Å². The third-order valence-corrected chi connectivity index (χ3v) is 3.69. The summed E-state index contributed by atoms with van der Waals surface area (Å²) in [7, 11) is -4.54. The first-order valence-corrected chi connectivity index (χ1v) is 8.08. The Kier molecular flexibility index (Phi) is 3.87. The van der Waals surface area contributed by atoms with Gasteiger partial charge >= 0.3 is 10.4 Å². The highest BCUT2D eigenvalue weighted by Crippen LogP contribution is 2.38. The lowest BCUT2D eigenvalue weighted by atomic mass is 10.1.